The molecule has 0 aliphatic heterocycles. The van der Waals surface area contributed by atoms with Gasteiger partial charge in [0.15, 0.2) is 0 Å². The van der Waals surface area contributed by atoms with Crippen molar-refractivity contribution in [2.45, 2.75) is 31.1 Å². The molecule has 0 nitrogen and oxygen atoms in total. The molecule has 0 spiro atoms. The average molecular weight is 216 g/mol. The van der Waals surface area contributed by atoms with Crippen LogP contribution in [0.4, 0.5) is 35.1 Å². The van der Waals surface area contributed by atoms with Crippen molar-refractivity contribution in [3.05, 3.63) is 0 Å². The monoisotopic (exact) mass is 216 g/mol. The van der Waals surface area contributed by atoms with Gasteiger partial charge in [-0.1, -0.05) is 0 Å². The molecule has 0 N–H and O–H groups in total. The van der Waals surface area contributed by atoms with Crippen LogP contribution >= 0.6 is 0 Å². The normalized spacial score (nSPS) is 14.3. The van der Waals surface area contributed by atoms with Gasteiger partial charge >= 0.3 is 24.7 Å². The molecule has 0 unspecified atom stereocenters. The first kappa shape index (κ1) is 12.4. The quantitative estimate of drug-likeness (QED) is 0.633. The lowest BCUT2D eigenvalue weighted by molar-refractivity contribution is -0.213. The van der Waals surface area contributed by atoms with Crippen LogP contribution in [0.1, 0.15) is 6.42 Å². The highest BCUT2D eigenvalue weighted by molar-refractivity contribution is 4.80. The minimum atomic E-state index is -5.10. The van der Waals surface area contributed by atoms with Crippen LogP contribution < -0.4 is 0 Å². The highest BCUT2D eigenvalue weighted by Gasteiger charge is 2.54. The van der Waals surface area contributed by atoms with Gasteiger partial charge in [0.2, 0.25) is 0 Å². The molecule has 13 heavy (non-hydrogen) atoms. The second-order valence-electron chi connectivity index (χ2n) is 2.30. The predicted molar refractivity (Wildman–Crippen MR) is 26.5 cm³/mol. The maximum Gasteiger partial charge on any atom is 0.313 e. The molecule has 0 heterocycles. The molecule has 0 rings (SSSR count). The summed E-state index contributed by atoms with van der Waals surface area (Å²) < 4.78 is 92.5. The van der Waals surface area contributed by atoms with Crippen LogP contribution in [0.25, 0.3) is 0 Å². The predicted octanol–water partition coefficient (Wildman–Crippen LogP) is 3.18. The van der Waals surface area contributed by atoms with Gasteiger partial charge in [0.05, 0.1) is 6.42 Å². The molecule has 0 fully saturated rings. The van der Waals surface area contributed by atoms with Crippen LogP contribution in [0.2, 0.25) is 0 Å². The van der Waals surface area contributed by atoms with Gasteiger partial charge in [-0.3, -0.25) is 0 Å². The van der Waals surface area contributed by atoms with Crippen LogP contribution in [0.3, 0.4) is 0 Å². The molecule has 0 amide bonds. The Morgan fingerprint density at radius 1 is 0.692 bits per heavy atom. The number of hydrogen-bond donors (Lipinski definition) is 0. The third-order valence-electron chi connectivity index (χ3n) is 1.11. The molecule has 8 heteroatoms. The Kier molecular flexibility index (Phi) is 3.51. The molecule has 0 aliphatic carbocycles. The highest BCUT2D eigenvalue weighted by Crippen LogP contribution is 2.38. The molecule has 0 aromatic carbocycles. The summed E-state index contributed by atoms with van der Waals surface area (Å²) in [4.78, 5) is 0. The summed E-state index contributed by atoms with van der Waals surface area (Å²) in [6.07, 6.45) is -11.6. The summed E-state index contributed by atoms with van der Waals surface area (Å²) in [5.74, 6) is -10.2. The third kappa shape index (κ3) is 3.35. The maximum atomic E-state index is 11.8. The Bertz CT molecular complexity index is 144. The van der Waals surface area contributed by atoms with Crippen LogP contribution in [-0.2, 0) is 0 Å². The lowest BCUT2D eigenvalue weighted by Crippen LogP contribution is -2.39. The SMILES string of the molecule is FC(F)C(F)(F)CC(F)(F)C(F)F. The van der Waals surface area contributed by atoms with Crippen LogP contribution in [-0.4, -0.2) is 24.7 Å². The van der Waals surface area contributed by atoms with E-state index in [-0.39, 0.29) is 0 Å². The van der Waals surface area contributed by atoms with E-state index in [0.717, 1.165) is 0 Å². The number of hydrogen-bond acceptors (Lipinski definition) is 0. The number of alkyl halides is 8. The summed E-state index contributed by atoms with van der Waals surface area (Å²) >= 11 is 0. The molecule has 0 radical (unpaired) electrons. The number of halogens is 8. The first-order valence-electron chi connectivity index (χ1n) is 2.91. The second-order valence-corrected chi connectivity index (χ2v) is 2.30. The van der Waals surface area contributed by atoms with E-state index < -0.39 is 31.1 Å². The van der Waals surface area contributed by atoms with Crippen molar-refractivity contribution in [3.8, 4) is 0 Å². The van der Waals surface area contributed by atoms with Gasteiger partial charge in [0.25, 0.3) is 0 Å². The zero-order chi connectivity index (χ0) is 10.9. The Balaban J connectivity index is 4.42. The van der Waals surface area contributed by atoms with E-state index in [4.69, 9.17) is 0 Å². The van der Waals surface area contributed by atoms with Crippen LogP contribution in [0.5, 0.6) is 0 Å². The van der Waals surface area contributed by atoms with E-state index in [0.29, 0.717) is 0 Å². The molecular formula is C5H4F8. The van der Waals surface area contributed by atoms with E-state index in [1.165, 1.54) is 0 Å². The van der Waals surface area contributed by atoms with Crippen molar-refractivity contribution >= 4 is 0 Å². The molecular weight excluding hydrogens is 212 g/mol. The fraction of sp³-hybridized carbons (Fsp3) is 1.00. The molecule has 80 valence electrons. The first-order chi connectivity index (χ1) is 5.59. The first-order valence-corrected chi connectivity index (χ1v) is 2.91. The van der Waals surface area contributed by atoms with Gasteiger partial charge in [-0.05, 0) is 0 Å². The summed E-state index contributed by atoms with van der Waals surface area (Å²) in [6.45, 7) is 0. The van der Waals surface area contributed by atoms with Crippen molar-refractivity contribution in [1.82, 2.24) is 0 Å². The van der Waals surface area contributed by atoms with Crippen molar-refractivity contribution in [2.75, 3.05) is 0 Å². The Morgan fingerprint density at radius 2 is 0.923 bits per heavy atom. The zero-order valence-electron chi connectivity index (χ0n) is 5.89. The van der Waals surface area contributed by atoms with Gasteiger partial charge in [-0.15, -0.1) is 0 Å². The Morgan fingerprint density at radius 3 is 1.08 bits per heavy atom. The van der Waals surface area contributed by atoms with Crippen LogP contribution in [0, 0.1) is 0 Å². The Hall–Kier alpha value is -0.560. The zero-order valence-corrected chi connectivity index (χ0v) is 5.89. The lowest BCUT2D eigenvalue weighted by atomic mass is 10.1. The highest BCUT2D eigenvalue weighted by atomic mass is 19.3. The minimum absolute atomic E-state index is 2.85. The fourth-order valence-corrected chi connectivity index (χ4v) is 0.469. The van der Waals surface area contributed by atoms with E-state index in [2.05, 4.69) is 0 Å². The van der Waals surface area contributed by atoms with E-state index in [1.54, 1.807) is 0 Å². The summed E-state index contributed by atoms with van der Waals surface area (Å²) in [6, 6.07) is 0. The van der Waals surface area contributed by atoms with Gasteiger partial charge in [-0.25, -0.2) is 35.1 Å². The smallest absolute Gasteiger partial charge is 0.204 e. The Labute approximate surface area is 67.5 Å². The van der Waals surface area contributed by atoms with Gasteiger partial charge in [-0.2, -0.15) is 0 Å². The van der Waals surface area contributed by atoms with Gasteiger partial charge in [0, 0.05) is 0 Å². The summed E-state index contributed by atoms with van der Waals surface area (Å²) in [7, 11) is 0. The van der Waals surface area contributed by atoms with Gasteiger partial charge < -0.3 is 0 Å². The second kappa shape index (κ2) is 3.67. The van der Waals surface area contributed by atoms with Crippen molar-refractivity contribution in [2.24, 2.45) is 0 Å². The summed E-state index contributed by atoms with van der Waals surface area (Å²) in [5.41, 5.74) is 0. The van der Waals surface area contributed by atoms with Crippen molar-refractivity contribution < 1.29 is 35.1 Å². The maximum absolute atomic E-state index is 11.8. The fourth-order valence-electron chi connectivity index (χ4n) is 0.469. The molecule has 0 aromatic rings. The van der Waals surface area contributed by atoms with Crippen molar-refractivity contribution in [1.29, 1.82) is 0 Å². The molecule has 0 bridgehead atoms. The van der Waals surface area contributed by atoms with Gasteiger partial charge in [0.1, 0.15) is 0 Å². The molecule has 0 saturated carbocycles. The molecule has 0 saturated heterocycles. The lowest BCUT2D eigenvalue weighted by Gasteiger charge is -2.21. The molecule has 0 aromatic heterocycles. The third-order valence-corrected chi connectivity index (χ3v) is 1.11. The van der Waals surface area contributed by atoms with E-state index in [1.807, 2.05) is 0 Å². The molecule has 0 atom stereocenters. The molecule has 0 aliphatic rings. The largest absolute Gasteiger partial charge is 0.313 e. The number of rotatable bonds is 4. The van der Waals surface area contributed by atoms with Crippen molar-refractivity contribution in [3.63, 3.8) is 0 Å². The average Bonchev–Trinajstić information content (AvgIpc) is 1.83. The summed E-state index contributed by atoms with van der Waals surface area (Å²) in [5, 5.41) is 0. The topological polar surface area (TPSA) is 0 Å². The van der Waals surface area contributed by atoms with Crippen LogP contribution in [0.15, 0.2) is 0 Å². The van der Waals surface area contributed by atoms with E-state index >= 15 is 0 Å². The standard InChI is InChI=1S/C5H4F8/c6-2(7)4(10,11)1-5(12,13)3(8)9/h2-3H,1H2. The minimum Gasteiger partial charge on any atom is -0.204 e. The van der Waals surface area contributed by atoms with E-state index in [9.17, 15) is 35.1 Å².